The van der Waals surface area contributed by atoms with Crippen LogP contribution >= 0.6 is 0 Å². The fraction of sp³-hybridized carbons (Fsp3) is 0.154. The first-order chi connectivity index (χ1) is 8.69. The van der Waals surface area contributed by atoms with Crippen molar-refractivity contribution < 1.29 is 13.5 Å². The molecule has 5 heteroatoms. The van der Waals surface area contributed by atoms with E-state index in [0.29, 0.717) is 22.7 Å². The third-order valence-corrected chi connectivity index (χ3v) is 2.82. The Morgan fingerprint density at radius 2 is 2.17 bits per heavy atom. The SMILES string of the molecule is COc1cc(F)c2oc(-c3nccn3C)cc2c1. The standard InChI is InChI=1S/C13H11FN2O2/c1-16-4-3-15-13(16)11-6-8-5-9(17-2)7-10(14)12(8)18-11/h3-7H,1-2H3. The molecule has 1 aromatic carbocycles. The Morgan fingerprint density at radius 3 is 2.83 bits per heavy atom. The van der Waals surface area contributed by atoms with Crippen LogP contribution in [-0.2, 0) is 7.05 Å². The topological polar surface area (TPSA) is 40.2 Å². The molecule has 18 heavy (non-hydrogen) atoms. The van der Waals surface area contributed by atoms with Crippen LogP contribution in [-0.4, -0.2) is 16.7 Å². The van der Waals surface area contributed by atoms with E-state index in [2.05, 4.69) is 4.98 Å². The first kappa shape index (κ1) is 10.8. The van der Waals surface area contributed by atoms with Gasteiger partial charge in [-0.1, -0.05) is 0 Å². The van der Waals surface area contributed by atoms with Crippen molar-refractivity contribution in [2.75, 3.05) is 7.11 Å². The van der Waals surface area contributed by atoms with Gasteiger partial charge in [-0.25, -0.2) is 9.37 Å². The zero-order chi connectivity index (χ0) is 12.7. The van der Waals surface area contributed by atoms with E-state index in [0.717, 1.165) is 0 Å². The Bertz CT molecular complexity index is 715. The molecule has 3 aromatic rings. The van der Waals surface area contributed by atoms with Gasteiger partial charge in [-0.2, -0.15) is 0 Å². The van der Waals surface area contributed by atoms with Crippen LogP contribution in [0.3, 0.4) is 0 Å². The Hall–Kier alpha value is -2.30. The van der Waals surface area contributed by atoms with Crippen LogP contribution in [0.2, 0.25) is 0 Å². The van der Waals surface area contributed by atoms with Crippen molar-refractivity contribution in [3.8, 4) is 17.3 Å². The number of hydrogen-bond donors (Lipinski definition) is 0. The molecule has 0 spiro atoms. The average molecular weight is 246 g/mol. The summed E-state index contributed by atoms with van der Waals surface area (Å²) in [7, 11) is 3.35. The highest BCUT2D eigenvalue weighted by molar-refractivity contribution is 5.83. The maximum absolute atomic E-state index is 13.8. The summed E-state index contributed by atoms with van der Waals surface area (Å²) in [5.41, 5.74) is 0.216. The second kappa shape index (κ2) is 3.87. The van der Waals surface area contributed by atoms with Crippen LogP contribution in [0.4, 0.5) is 4.39 Å². The Kier molecular flexibility index (Phi) is 2.33. The lowest BCUT2D eigenvalue weighted by molar-refractivity contribution is 0.411. The fourth-order valence-corrected chi connectivity index (χ4v) is 1.92. The molecule has 0 fully saturated rings. The number of imidazole rings is 1. The number of aromatic nitrogens is 2. The largest absolute Gasteiger partial charge is 0.497 e. The van der Waals surface area contributed by atoms with Gasteiger partial charge in [0.25, 0.3) is 0 Å². The van der Waals surface area contributed by atoms with Crippen molar-refractivity contribution >= 4 is 11.0 Å². The molecule has 0 unspecified atom stereocenters. The van der Waals surface area contributed by atoms with E-state index >= 15 is 0 Å². The first-order valence-electron chi connectivity index (χ1n) is 5.44. The summed E-state index contributed by atoms with van der Waals surface area (Å²) in [5.74, 6) is 1.21. The Morgan fingerprint density at radius 1 is 1.33 bits per heavy atom. The van der Waals surface area contributed by atoms with Crippen LogP contribution in [0.1, 0.15) is 0 Å². The van der Waals surface area contributed by atoms with Gasteiger partial charge in [0, 0.05) is 30.9 Å². The summed E-state index contributed by atoms with van der Waals surface area (Å²) in [5, 5.41) is 0.657. The van der Waals surface area contributed by atoms with E-state index in [4.69, 9.17) is 9.15 Å². The van der Waals surface area contributed by atoms with E-state index < -0.39 is 5.82 Å². The van der Waals surface area contributed by atoms with Crippen molar-refractivity contribution in [2.45, 2.75) is 0 Å². The second-order valence-electron chi connectivity index (χ2n) is 4.00. The van der Waals surface area contributed by atoms with Gasteiger partial charge < -0.3 is 13.7 Å². The lowest BCUT2D eigenvalue weighted by atomic mass is 10.2. The summed E-state index contributed by atoms with van der Waals surface area (Å²) >= 11 is 0. The minimum absolute atomic E-state index is 0.216. The number of methoxy groups -OCH3 is 1. The van der Waals surface area contributed by atoms with Crippen LogP contribution in [0.15, 0.2) is 35.0 Å². The maximum atomic E-state index is 13.8. The predicted octanol–water partition coefficient (Wildman–Crippen LogP) is 2.98. The predicted molar refractivity (Wildman–Crippen MR) is 64.9 cm³/mol. The maximum Gasteiger partial charge on any atom is 0.175 e. The van der Waals surface area contributed by atoms with Crippen molar-refractivity contribution in [1.82, 2.24) is 9.55 Å². The van der Waals surface area contributed by atoms with Gasteiger partial charge in [-0.15, -0.1) is 0 Å². The molecule has 2 aromatic heterocycles. The third-order valence-electron chi connectivity index (χ3n) is 2.82. The Balaban J connectivity index is 2.23. The van der Waals surface area contributed by atoms with Gasteiger partial charge >= 0.3 is 0 Å². The number of halogens is 1. The second-order valence-corrected chi connectivity index (χ2v) is 4.00. The lowest BCUT2D eigenvalue weighted by Gasteiger charge is -1.98. The molecule has 2 heterocycles. The van der Waals surface area contributed by atoms with Gasteiger partial charge in [-0.05, 0) is 12.1 Å². The molecule has 0 saturated carbocycles. The molecule has 3 rings (SSSR count). The highest BCUT2D eigenvalue weighted by Crippen LogP contribution is 2.31. The molecule has 0 bridgehead atoms. The summed E-state index contributed by atoms with van der Waals surface area (Å²) < 4.78 is 26.1. The molecular formula is C13H11FN2O2. The fourth-order valence-electron chi connectivity index (χ4n) is 1.92. The number of benzene rings is 1. The van der Waals surface area contributed by atoms with Crippen LogP contribution < -0.4 is 4.74 Å². The molecule has 0 aliphatic heterocycles. The number of ether oxygens (including phenoxy) is 1. The highest BCUT2D eigenvalue weighted by Gasteiger charge is 2.14. The molecule has 0 N–H and O–H groups in total. The number of rotatable bonds is 2. The molecule has 0 aliphatic carbocycles. The quantitative estimate of drug-likeness (QED) is 0.698. The van der Waals surface area contributed by atoms with Crippen molar-refractivity contribution in [1.29, 1.82) is 0 Å². The molecule has 0 aliphatic rings. The van der Waals surface area contributed by atoms with E-state index in [1.165, 1.54) is 13.2 Å². The first-order valence-corrected chi connectivity index (χ1v) is 5.44. The van der Waals surface area contributed by atoms with Gasteiger partial charge in [0.05, 0.1) is 7.11 Å². The normalized spacial score (nSPS) is 11.1. The van der Waals surface area contributed by atoms with Crippen LogP contribution in [0.25, 0.3) is 22.6 Å². The smallest absolute Gasteiger partial charge is 0.175 e. The summed E-state index contributed by atoms with van der Waals surface area (Å²) in [6.45, 7) is 0. The van der Waals surface area contributed by atoms with Crippen molar-refractivity contribution in [2.24, 2.45) is 7.05 Å². The van der Waals surface area contributed by atoms with Crippen LogP contribution in [0, 0.1) is 5.82 Å². The molecule has 0 radical (unpaired) electrons. The monoisotopic (exact) mass is 246 g/mol. The molecule has 4 nitrogen and oxygen atoms in total. The van der Waals surface area contributed by atoms with E-state index in [-0.39, 0.29) is 5.58 Å². The Labute approximate surface area is 103 Å². The number of nitrogens with zero attached hydrogens (tertiary/aromatic N) is 2. The van der Waals surface area contributed by atoms with Gasteiger partial charge in [-0.3, -0.25) is 0 Å². The minimum atomic E-state index is -0.440. The number of hydrogen-bond acceptors (Lipinski definition) is 3. The molecule has 92 valence electrons. The summed E-state index contributed by atoms with van der Waals surface area (Å²) in [6.07, 6.45) is 3.47. The highest BCUT2D eigenvalue weighted by atomic mass is 19.1. The van der Waals surface area contributed by atoms with Crippen LogP contribution in [0.5, 0.6) is 5.75 Å². The third kappa shape index (κ3) is 1.55. The number of furan rings is 1. The molecular weight excluding hydrogens is 235 g/mol. The van der Waals surface area contributed by atoms with Crippen molar-refractivity contribution in [3.05, 3.63) is 36.4 Å². The van der Waals surface area contributed by atoms with Gasteiger partial charge in [0.2, 0.25) is 0 Å². The molecule has 0 amide bonds. The minimum Gasteiger partial charge on any atom is -0.497 e. The van der Waals surface area contributed by atoms with E-state index in [1.807, 2.05) is 11.6 Å². The van der Waals surface area contributed by atoms with E-state index in [1.54, 1.807) is 24.5 Å². The number of aryl methyl sites for hydroxylation is 1. The zero-order valence-corrected chi connectivity index (χ0v) is 9.98. The van der Waals surface area contributed by atoms with E-state index in [9.17, 15) is 4.39 Å². The summed E-state index contributed by atoms with van der Waals surface area (Å²) in [4.78, 5) is 4.17. The lowest BCUT2D eigenvalue weighted by Crippen LogP contribution is -1.88. The number of fused-ring (bicyclic) bond motifs is 1. The molecule has 0 atom stereocenters. The van der Waals surface area contributed by atoms with Gasteiger partial charge in [0.1, 0.15) is 5.75 Å². The van der Waals surface area contributed by atoms with Crippen molar-refractivity contribution in [3.63, 3.8) is 0 Å². The summed E-state index contributed by atoms with van der Waals surface area (Å²) in [6, 6.07) is 4.78. The van der Waals surface area contributed by atoms with Gasteiger partial charge in [0.15, 0.2) is 23.0 Å². The zero-order valence-electron chi connectivity index (χ0n) is 9.98. The average Bonchev–Trinajstić information content (AvgIpc) is 2.94. The molecule has 0 saturated heterocycles.